The van der Waals surface area contributed by atoms with Gasteiger partial charge in [-0.1, -0.05) is 11.8 Å². The lowest BCUT2D eigenvalue weighted by atomic mass is 10.1. The van der Waals surface area contributed by atoms with E-state index < -0.39 is 0 Å². The predicted octanol–water partition coefficient (Wildman–Crippen LogP) is 2.34. The van der Waals surface area contributed by atoms with Gasteiger partial charge in [0.15, 0.2) is 0 Å². The molecule has 2 rings (SSSR count). The van der Waals surface area contributed by atoms with Gasteiger partial charge in [0.05, 0.1) is 6.54 Å². The summed E-state index contributed by atoms with van der Waals surface area (Å²) >= 11 is 1.67. The number of benzene rings is 1. The highest BCUT2D eigenvalue weighted by atomic mass is 32.1. The number of nitrogens with two attached hydrogens (primary N) is 1. The van der Waals surface area contributed by atoms with Gasteiger partial charge in [0.2, 0.25) is 0 Å². The first kappa shape index (κ1) is 15.3. The molecule has 0 saturated heterocycles. The molecule has 0 atom stereocenters. The Morgan fingerprint density at radius 2 is 2.24 bits per heavy atom. The zero-order valence-electron chi connectivity index (χ0n) is 12.0. The molecule has 0 fully saturated rings. The van der Waals surface area contributed by atoms with Crippen molar-refractivity contribution in [3.8, 4) is 11.8 Å². The monoisotopic (exact) mass is 298 g/mol. The van der Waals surface area contributed by atoms with Crippen molar-refractivity contribution in [2.24, 2.45) is 5.73 Å². The smallest absolute Gasteiger partial charge is 0.251 e. The zero-order chi connectivity index (χ0) is 15.1. The predicted molar refractivity (Wildman–Crippen MR) is 87.5 cm³/mol. The molecule has 4 heteroatoms. The molecule has 0 aliphatic rings. The summed E-state index contributed by atoms with van der Waals surface area (Å²) in [5, 5.41) is 7.08. The Morgan fingerprint density at radius 1 is 1.38 bits per heavy atom. The lowest BCUT2D eigenvalue weighted by Crippen LogP contribution is -2.25. The SMILES string of the molecule is Cc1cc(C#CCN)cc(C(=O)NCCc2ccsc2)c1. The summed E-state index contributed by atoms with van der Waals surface area (Å²) < 4.78 is 0. The van der Waals surface area contributed by atoms with Crippen molar-refractivity contribution >= 4 is 17.2 Å². The number of carbonyl (C=O) groups is 1. The van der Waals surface area contributed by atoms with Crippen molar-refractivity contribution < 1.29 is 4.79 Å². The maximum Gasteiger partial charge on any atom is 0.251 e. The third-order valence-corrected chi connectivity index (χ3v) is 3.69. The molecule has 0 aliphatic carbocycles. The van der Waals surface area contributed by atoms with Gasteiger partial charge in [0.25, 0.3) is 5.91 Å². The summed E-state index contributed by atoms with van der Waals surface area (Å²) in [4.78, 5) is 12.2. The average molecular weight is 298 g/mol. The molecule has 3 N–H and O–H groups in total. The summed E-state index contributed by atoms with van der Waals surface area (Å²) in [6.45, 7) is 2.90. The lowest BCUT2D eigenvalue weighted by Gasteiger charge is -2.06. The van der Waals surface area contributed by atoms with Gasteiger partial charge in [-0.2, -0.15) is 11.3 Å². The van der Waals surface area contributed by atoms with E-state index in [1.165, 1.54) is 5.56 Å². The number of carbonyl (C=O) groups excluding carboxylic acids is 1. The van der Waals surface area contributed by atoms with Gasteiger partial charge in [0.1, 0.15) is 0 Å². The molecule has 108 valence electrons. The standard InChI is InChI=1S/C17H18N2OS/c1-13-9-15(3-2-6-18)11-16(10-13)17(20)19-7-4-14-5-8-21-12-14/h5,8-12H,4,6-7,18H2,1H3,(H,19,20). The molecule has 2 aromatic rings. The maximum absolute atomic E-state index is 12.2. The molecule has 21 heavy (non-hydrogen) atoms. The highest BCUT2D eigenvalue weighted by molar-refractivity contribution is 7.07. The largest absolute Gasteiger partial charge is 0.352 e. The van der Waals surface area contributed by atoms with Crippen molar-refractivity contribution in [1.82, 2.24) is 5.32 Å². The Hall–Kier alpha value is -2.09. The summed E-state index contributed by atoms with van der Waals surface area (Å²) in [5.74, 6) is 5.71. The molecule has 1 heterocycles. The van der Waals surface area contributed by atoms with Crippen LogP contribution in [0.5, 0.6) is 0 Å². The number of rotatable bonds is 4. The Bertz CT molecular complexity index is 666. The molecular formula is C17H18N2OS. The Balaban J connectivity index is 1.99. The number of thiophene rings is 1. The van der Waals surface area contributed by atoms with E-state index >= 15 is 0 Å². The van der Waals surface area contributed by atoms with E-state index in [0.717, 1.165) is 17.5 Å². The van der Waals surface area contributed by atoms with E-state index in [2.05, 4.69) is 28.6 Å². The van der Waals surface area contributed by atoms with Crippen LogP contribution in [0.1, 0.15) is 27.0 Å². The van der Waals surface area contributed by atoms with Gasteiger partial charge in [-0.05, 0) is 59.5 Å². The van der Waals surface area contributed by atoms with Crippen LogP contribution in [0.4, 0.5) is 0 Å². The molecule has 0 unspecified atom stereocenters. The quantitative estimate of drug-likeness (QED) is 0.851. The van der Waals surface area contributed by atoms with Crippen LogP contribution >= 0.6 is 11.3 Å². The molecule has 3 nitrogen and oxygen atoms in total. The number of hydrogen-bond acceptors (Lipinski definition) is 3. The normalized spacial score (nSPS) is 9.81. The van der Waals surface area contributed by atoms with Crippen LogP contribution in [0.25, 0.3) is 0 Å². The molecule has 0 aliphatic heterocycles. The number of amides is 1. The van der Waals surface area contributed by atoms with Crippen LogP contribution in [0.15, 0.2) is 35.0 Å². The fourth-order valence-electron chi connectivity index (χ4n) is 2.00. The van der Waals surface area contributed by atoms with E-state index in [-0.39, 0.29) is 5.91 Å². The van der Waals surface area contributed by atoms with Gasteiger partial charge in [-0.15, -0.1) is 0 Å². The highest BCUT2D eigenvalue weighted by Gasteiger charge is 2.06. The van der Waals surface area contributed by atoms with Crippen molar-refractivity contribution in [2.45, 2.75) is 13.3 Å². The van der Waals surface area contributed by atoms with E-state index in [1.807, 2.05) is 24.4 Å². The minimum Gasteiger partial charge on any atom is -0.352 e. The first-order chi connectivity index (χ1) is 10.2. The molecule has 0 spiro atoms. The van der Waals surface area contributed by atoms with Crippen molar-refractivity contribution in [3.63, 3.8) is 0 Å². The van der Waals surface area contributed by atoms with Gasteiger partial charge in [0, 0.05) is 17.7 Å². The first-order valence-electron chi connectivity index (χ1n) is 6.79. The highest BCUT2D eigenvalue weighted by Crippen LogP contribution is 2.09. The number of nitrogens with one attached hydrogen (secondary N) is 1. The number of hydrogen-bond donors (Lipinski definition) is 2. The van der Waals surface area contributed by atoms with E-state index in [9.17, 15) is 4.79 Å². The molecule has 1 aromatic heterocycles. The van der Waals surface area contributed by atoms with Gasteiger partial charge in [-0.3, -0.25) is 4.79 Å². The second kappa shape index (κ2) is 7.63. The minimum atomic E-state index is -0.0651. The first-order valence-corrected chi connectivity index (χ1v) is 7.73. The minimum absolute atomic E-state index is 0.0651. The summed E-state index contributed by atoms with van der Waals surface area (Å²) in [6.07, 6.45) is 0.848. The third-order valence-electron chi connectivity index (χ3n) is 2.95. The summed E-state index contributed by atoms with van der Waals surface area (Å²) in [5.41, 5.74) is 9.10. The Labute approximate surface area is 129 Å². The molecule has 1 amide bonds. The second-order valence-electron chi connectivity index (χ2n) is 4.73. The van der Waals surface area contributed by atoms with Crippen LogP contribution in [-0.4, -0.2) is 19.0 Å². The van der Waals surface area contributed by atoms with E-state index in [4.69, 9.17) is 5.73 Å². The van der Waals surface area contributed by atoms with Gasteiger partial charge < -0.3 is 11.1 Å². The Kier molecular flexibility index (Phi) is 5.56. The van der Waals surface area contributed by atoms with Crippen LogP contribution in [-0.2, 0) is 6.42 Å². The van der Waals surface area contributed by atoms with Crippen LogP contribution in [0, 0.1) is 18.8 Å². The molecule has 0 bridgehead atoms. The summed E-state index contributed by atoms with van der Waals surface area (Å²) in [7, 11) is 0. The van der Waals surface area contributed by atoms with Crippen LogP contribution in [0.2, 0.25) is 0 Å². The molecule has 0 saturated carbocycles. The maximum atomic E-state index is 12.2. The molecule has 1 aromatic carbocycles. The average Bonchev–Trinajstić information content (AvgIpc) is 2.97. The lowest BCUT2D eigenvalue weighted by molar-refractivity contribution is 0.0954. The Morgan fingerprint density at radius 3 is 2.95 bits per heavy atom. The second-order valence-corrected chi connectivity index (χ2v) is 5.51. The van der Waals surface area contributed by atoms with Crippen LogP contribution in [0.3, 0.4) is 0 Å². The topological polar surface area (TPSA) is 55.1 Å². The zero-order valence-corrected chi connectivity index (χ0v) is 12.8. The van der Waals surface area contributed by atoms with Gasteiger partial charge >= 0.3 is 0 Å². The van der Waals surface area contributed by atoms with Crippen molar-refractivity contribution in [3.05, 3.63) is 57.3 Å². The van der Waals surface area contributed by atoms with E-state index in [1.54, 1.807) is 17.4 Å². The van der Waals surface area contributed by atoms with Crippen molar-refractivity contribution in [2.75, 3.05) is 13.1 Å². The fourth-order valence-corrected chi connectivity index (χ4v) is 2.70. The van der Waals surface area contributed by atoms with Gasteiger partial charge in [-0.25, -0.2) is 0 Å². The van der Waals surface area contributed by atoms with Crippen LogP contribution < -0.4 is 11.1 Å². The van der Waals surface area contributed by atoms with Crippen molar-refractivity contribution in [1.29, 1.82) is 0 Å². The summed E-state index contributed by atoms with van der Waals surface area (Å²) in [6, 6.07) is 7.69. The fraction of sp³-hybridized carbons (Fsp3) is 0.235. The third kappa shape index (κ3) is 4.75. The molecule has 0 radical (unpaired) electrons. The molecular weight excluding hydrogens is 280 g/mol. The van der Waals surface area contributed by atoms with E-state index in [0.29, 0.717) is 18.7 Å². The number of aryl methyl sites for hydroxylation is 1.